The molecule has 0 saturated heterocycles. The first-order chi connectivity index (χ1) is 8.06. The zero-order chi connectivity index (χ0) is 12.4. The summed E-state index contributed by atoms with van der Waals surface area (Å²) in [5, 5.41) is 2.69. The van der Waals surface area contributed by atoms with Crippen LogP contribution in [0.5, 0.6) is 10.9 Å². The number of nitrogens with two attached hydrogens (primary N) is 1. The van der Waals surface area contributed by atoms with Crippen molar-refractivity contribution in [3.05, 3.63) is 39.3 Å². The summed E-state index contributed by atoms with van der Waals surface area (Å²) >= 11 is 12.8. The molecule has 1 heterocycles. The molecule has 0 atom stereocenters. The van der Waals surface area contributed by atoms with Crippen LogP contribution in [0.4, 0.5) is 0 Å². The highest BCUT2D eigenvalue weighted by Gasteiger charge is 2.10. The van der Waals surface area contributed by atoms with Gasteiger partial charge in [-0.25, -0.2) is 0 Å². The van der Waals surface area contributed by atoms with Gasteiger partial charge in [0.2, 0.25) is 0 Å². The molecule has 0 aliphatic carbocycles. The van der Waals surface area contributed by atoms with Gasteiger partial charge in [-0.2, -0.15) is 4.98 Å². The van der Waals surface area contributed by atoms with Crippen molar-refractivity contribution < 1.29 is 9.53 Å². The Morgan fingerprint density at radius 1 is 1.41 bits per heavy atom. The molecule has 0 radical (unpaired) electrons. The van der Waals surface area contributed by atoms with Crippen LogP contribution in [0.3, 0.4) is 0 Å². The second-order valence-electron chi connectivity index (χ2n) is 3.04. The van der Waals surface area contributed by atoms with Gasteiger partial charge in [-0.1, -0.05) is 34.5 Å². The van der Waals surface area contributed by atoms with Gasteiger partial charge < -0.3 is 10.5 Å². The molecule has 0 spiro atoms. The molecule has 88 valence electrons. The van der Waals surface area contributed by atoms with Crippen LogP contribution in [0.15, 0.2) is 23.6 Å². The van der Waals surface area contributed by atoms with E-state index >= 15 is 0 Å². The highest BCUT2D eigenvalue weighted by atomic mass is 35.5. The summed E-state index contributed by atoms with van der Waals surface area (Å²) in [5.74, 6) is -0.181. The van der Waals surface area contributed by atoms with E-state index in [2.05, 4.69) is 4.98 Å². The number of halogens is 2. The molecule has 2 rings (SSSR count). The number of benzene rings is 1. The zero-order valence-corrected chi connectivity index (χ0v) is 10.6. The summed E-state index contributed by atoms with van der Waals surface area (Å²) in [6, 6.07) is 4.82. The number of rotatable bonds is 3. The first kappa shape index (κ1) is 12.2. The molecule has 0 saturated carbocycles. The van der Waals surface area contributed by atoms with E-state index in [9.17, 15) is 4.79 Å². The number of hydrogen-bond donors (Lipinski definition) is 1. The minimum Gasteiger partial charge on any atom is -0.429 e. The third kappa shape index (κ3) is 2.88. The molecule has 0 aliphatic rings. The summed E-state index contributed by atoms with van der Waals surface area (Å²) in [4.78, 5) is 14.7. The molecule has 0 aliphatic heterocycles. The largest absolute Gasteiger partial charge is 0.429 e. The molecule has 0 unspecified atom stereocenters. The number of amides is 1. The second kappa shape index (κ2) is 4.91. The molecule has 1 aromatic heterocycles. The molecule has 17 heavy (non-hydrogen) atoms. The van der Waals surface area contributed by atoms with Crippen molar-refractivity contribution >= 4 is 40.4 Å². The molecule has 0 fully saturated rings. The lowest BCUT2D eigenvalue weighted by molar-refractivity contribution is 0.0995. The van der Waals surface area contributed by atoms with E-state index in [4.69, 9.17) is 33.7 Å². The lowest BCUT2D eigenvalue weighted by Gasteiger charge is -2.03. The number of thiazole rings is 1. The average molecular weight is 289 g/mol. The summed E-state index contributed by atoms with van der Waals surface area (Å²) in [6.07, 6.45) is 0. The topological polar surface area (TPSA) is 65.2 Å². The number of carbonyl (C=O) groups is 1. The Morgan fingerprint density at radius 2 is 2.18 bits per heavy atom. The van der Waals surface area contributed by atoms with Crippen molar-refractivity contribution in [3.63, 3.8) is 0 Å². The first-order valence-electron chi connectivity index (χ1n) is 4.44. The fraction of sp³-hybridized carbons (Fsp3) is 0. The fourth-order valence-corrected chi connectivity index (χ4v) is 2.19. The van der Waals surface area contributed by atoms with Crippen LogP contribution in [-0.2, 0) is 0 Å². The van der Waals surface area contributed by atoms with Crippen LogP contribution in [0, 0.1) is 0 Å². The van der Waals surface area contributed by atoms with E-state index in [-0.39, 0.29) is 5.69 Å². The number of ether oxygens (including phenoxy) is 1. The maximum atomic E-state index is 10.8. The van der Waals surface area contributed by atoms with Crippen LogP contribution in [0.2, 0.25) is 10.0 Å². The molecule has 1 amide bonds. The van der Waals surface area contributed by atoms with Gasteiger partial charge in [-0.15, -0.1) is 0 Å². The summed E-state index contributed by atoms with van der Waals surface area (Å²) in [7, 11) is 0. The average Bonchev–Trinajstić information content (AvgIpc) is 2.71. The molecule has 1 aromatic carbocycles. The Balaban J connectivity index is 2.22. The third-order valence-electron chi connectivity index (χ3n) is 1.83. The van der Waals surface area contributed by atoms with Crippen LogP contribution in [-0.4, -0.2) is 10.9 Å². The van der Waals surface area contributed by atoms with E-state index < -0.39 is 5.91 Å². The smallest absolute Gasteiger partial charge is 0.279 e. The summed E-state index contributed by atoms with van der Waals surface area (Å²) in [6.45, 7) is 0. The van der Waals surface area contributed by atoms with Crippen molar-refractivity contribution in [2.45, 2.75) is 0 Å². The van der Waals surface area contributed by atoms with Gasteiger partial charge >= 0.3 is 0 Å². The van der Waals surface area contributed by atoms with Gasteiger partial charge in [0.25, 0.3) is 11.1 Å². The minimum atomic E-state index is -0.599. The Hall–Kier alpha value is -1.30. The minimum absolute atomic E-state index is 0.162. The second-order valence-corrected chi connectivity index (χ2v) is 4.70. The number of carbonyl (C=O) groups excluding carboxylic acids is 1. The lowest BCUT2D eigenvalue weighted by Crippen LogP contribution is -2.10. The van der Waals surface area contributed by atoms with Gasteiger partial charge in [0.15, 0.2) is 0 Å². The van der Waals surface area contributed by atoms with E-state index in [1.54, 1.807) is 18.2 Å². The van der Waals surface area contributed by atoms with Crippen molar-refractivity contribution in [1.29, 1.82) is 0 Å². The van der Waals surface area contributed by atoms with Gasteiger partial charge in [0.05, 0.1) is 5.02 Å². The normalized spacial score (nSPS) is 10.2. The lowest BCUT2D eigenvalue weighted by atomic mass is 10.3. The number of nitrogens with zero attached hydrogens (tertiary/aromatic N) is 1. The Bertz CT molecular complexity index is 571. The fourth-order valence-electron chi connectivity index (χ4n) is 1.07. The van der Waals surface area contributed by atoms with Crippen LogP contribution in [0.1, 0.15) is 10.5 Å². The van der Waals surface area contributed by atoms with E-state index in [1.165, 1.54) is 5.38 Å². The predicted octanol–water partition coefficient (Wildman–Crippen LogP) is 3.34. The van der Waals surface area contributed by atoms with Crippen LogP contribution in [0.25, 0.3) is 0 Å². The molecular weight excluding hydrogens is 283 g/mol. The van der Waals surface area contributed by atoms with Gasteiger partial charge in [-0.05, 0) is 18.2 Å². The van der Waals surface area contributed by atoms with E-state index in [0.717, 1.165) is 11.3 Å². The van der Waals surface area contributed by atoms with E-state index in [0.29, 0.717) is 21.0 Å². The Kier molecular flexibility index (Phi) is 3.51. The highest BCUT2D eigenvalue weighted by molar-refractivity contribution is 7.11. The molecule has 2 aromatic rings. The Labute approximate surface area is 111 Å². The molecule has 2 N–H and O–H groups in total. The summed E-state index contributed by atoms with van der Waals surface area (Å²) in [5.41, 5.74) is 5.24. The standard InChI is InChI=1S/C10H6Cl2N2O2S/c11-5-1-2-8(6(12)3-5)16-10-14-7(4-17-10)9(13)15/h1-4H,(H2,13,15). The van der Waals surface area contributed by atoms with Crippen molar-refractivity contribution in [2.24, 2.45) is 5.73 Å². The summed E-state index contributed by atoms with van der Waals surface area (Å²) < 4.78 is 5.40. The van der Waals surface area contributed by atoms with Gasteiger partial charge in [-0.3, -0.25) is 4.79 Å². The molecule has 0 bridgehead atoms. The molecule has 4 nitrogen and oxygen atoms in total. The first-order valence-corrected chi connectivity index (χ1v) is 6.08. The highest BCUT2D eigenvalue weighted by Crippen LogP contribution is 2.32. The van der Waals surface area contributed by atoms with Crippen molar-refractivity contribution in [2.75, 3.05) is 0 Å². The monoisotopic (exact) mass is 288 g/mol. The number of primary amides is 1. The number of aromatic nitrogens is 1. The quantitative estimate of drug-likeness (QED) is 0.942. The zero-order valence-electron chi connectivity index (χ0n) is 8.31. The third-order valence-corrected chi connectivity index (χ3v) is 3.07. The SMILES string of the molecule is NC(=O)c1csc(Oc2ccc(Cl)cc2Cl)n1. The number of hydrogen-bond acceptors (Lipinski definition) is 4. The molecular formula is C10H6Cl2N2O2S. The maximum absolute atomic E-state index is 10.8. The van der Waals surface area contributed by atoms with E-state index in [1.807, 2.05) is 0 Å². The van der Waals surface area contributed by atoms with Crippen LogP contribution < -0.4 is 10.5 Å². The van der Waals surface area contributed by atoms with Crippen molar-refractivity contribution in [1.82, 2.24) is 4.98 Å². The van der Waals surface area contributed by atoms with Crippen molar-refractivity contribution in [3.8, 4) is 10.9 Å². The predicted molar refractivity (Wildman–Crippen MR) is 67.2 cm³/mol. The Morgan fingerprint density at radius 3 is 2.76 bits per heavy atom. The van der Waals surface area contributed by atoms with Gasteiger partial charge in [0.1, 0.15) is 11.4 Å². The van der Waals surface area contributed by atoms with Gasteiger partial charge in [0, 0.05) is 10.4 Å². The maximum Gasteiger partial charge on any atom is 0.279 e. The molecule has 7 heteroatoms. The van der Waals surface area contributed by atoms with Crippen LogP contribution >= 0.6 is 34.5 Å².